The number of rotatable bonds is 8. The predicted octanol–water partition coefficient (Wildman–Crippen LogP) is 15.7. The van der Waals surface area contributed by atoms with Crippen LogP contribution >= 0.6 is 0 Å². The fraction of sp³-hybridized carbons (Fsp3) is 0. The molecule has 0 aliphatic heterocycles. The fourth-order valence-electron chi connectivity index (χ4n) is 8.33. The zero-order valence-corrected chi connectivity index (χ0v) is 33.2. The Morgan fingerprint density at radius 2 is 0.623 bits per heavy atom. The molecule has 0 aliphatic rings. The summed E-state index contributed by atoms with van der Waals surface area (Å²) in [5.41, 5.74) is 19.0. The zero-order valence-electron chi connectivity index (χ0n) is 33.2. The summed E-state index contributed by atoms with van der Waals surface area (Å²) in [6.45, 7) is 0. The van der Waals surface area contributed by atoms with E-state index in [1.807, 2.05) is 24.3 Å². The number of para-hydroxylation sites is 1. The summed E-state index contributed by atoms with van der Waals surface area (Å²) in [5, 5.41) is 0.971. The summed E-state index contributed by atoms with van der Waals surface area (Å²) < 4.78 is 6.46. The average molecular weight is 779 g/mol. The van der Waals surface area contributed by atoms with Gasteiger partial charge in [0.15, 0.2) is 11.4 Å². The van der Waals surface area contributed by atoms with Gasteiger partial charge < -0.3 is 4.42 Å². The van der Waals surface area contributed by atoms with Crippen molar-refractivity contribution in [3.05, 3.63) is 231 Å². The van der Waals surface area contributed by atoms with Gasteiger partial charge in [0, 0.05) is 16.5 Å². The molecule has 0 unspecified atom stereocenters. The van der Waals surface area contributed by atoms with Crippen LogP contribution in [0.2, 0.25) is 0 Å². The lowest BCUT2D eigenvalue weighted by Gasteiger charge is -2.12. The van der Waals surface area contributed by atoms with E-state index in [-0.39, 0.29) is 0 Å². The highest BCUT2D eigenvalue weighted by atomic mass is 16.3. The maximum absolute atomic E-state index is 6.46. The van der Waals surface area contributed by atoms with Crippen molar-refractivity contribution < 1.29 is 4.42 Å². The first-order valence-electron chi connectivity index (χ1n) is 20.6. The van der Waals surface area contributed by atoms with Crippen LogP contribution in [0.1, 0.15) is 0 Å². The Morgan fingerprint density at radius 1 is 0.262 bits per heavy atom. The van der Waals surface area contributed by atoms with Crippen molar-refractivity contribution in [2.45, 2.75) is 0 Å². The first kappa shape index (κ1) is 36.0. The van der Waals surface area contributed by atoms with Gasteiger partial charge in [0.25, 0.3) is 0 Å². The molecular weight excluding hydrogens is 741 g/mol. The van der Waals surface area contributed by atoms with Crippen LogP contribution in [0.25, 0.3) is 111 Å². The number of furan rings is 1. The largest absolute Gasteiger partial charge is 0.452 e. The van der Waals surface area contributed by atoms with Crippen LogP contribution in [0.4, 0.5) is 0 Å². The Labute approximate surface area is 354 Å². The van der Waals surface area contributed by atoms with E-state index < -0.39 is 0 Å². The van der Waals surface area contributed by atoms with Crippen LogP contribution in [-0.4, -0.2) is 9.97 Å². The molecule has 11 rings (SSSR count). The minimum absolute atomic E-state index is 0.655. The molecule has 0 amide bonds. The van der Waals surface area contributed by atoms with E-state index in [4.69, 9.17) is 14.4 Å². The van der Waals surface area contributed by atoms with E-state index in [2.05, 4.69) is 206 Å². The second kappa shape index (κ2) is 15.6. The molecule has 0 saturated heterocycles. The number of nitrogens with zero attached hydrogens (tertiary/aromatic N) is 2. The molecule has 9 aromatic carbocycles. The van der Waals surface area contributed by atoms with Crippen molar-refractivity contribution in [3.63, 3.8) is 0 Å². The van der Waals surface area contributed by atoms with Crippen LogP contribution in [-0.2, 0) is 0 Å². The molecule has 0 bridgehead atoms. The first-order chi connectivity index (χ1) is 30.2. The predicted molar refractivity (Wildman–Crippen MR) is 253 cm³/mol. The molecule has 3 heteroatoms. The number of hydrogen-bond acceptors (Lipinski definition) is 3. The van der Waals surface area contributed by atoms with Crippen molar-refractivity contribution in [2.75, 3.05) is 0 Å². The highest BCUT2D eigenvalue weighted by Crippen LogP contribution is 2.38. The summed E-state index contributed by atoms with van der Waals surface area (Å²) in [4.78, 5) is 10.4. The van der Waals surface area contributed by atoms with Crippen LogP contribution < -0.4 is 0 Å². The summed E-state index contributed by atoms with van der Waals surface area (Å²) >= 11 is 0. The third kappa shape index (κ3) is 7.09. The Balaban J connectivity index is 0.909. The van der Waals surface area contributed by atoms with E-state index in [9.17, 15) is 0 Å². The van der Waals surface area contributed by atoms with Gasteiger partial charge in [0.1, 0.15) is 16.8 Å². The van der Waals surface area contributed by atoms with Gasteiger partial charge >= 0.3 is 0 Å². The van der Waals surface area contributed by atoms with Crippen molar-refractivity contribution in [2.24, 2.45) is 0 Å². The van der Waals surface area contributed by atoms with E-state index >= 15 is 0 Å². The molecule has 3 nitrogen and oxygen atoms in total. The van der Waals surface area contributed by atoms with Crippen LogP contribution in [0.5, 0.6) is 0 Å². The van der Waals surface area contributed by atoms with Crippen LogP contribution in [0.3, 0.4) is 0 Å². The minimum Gasteiger partial charge on any atom is -0.452 e. The smallest absolute Gasteiger partial charge is 0.180 e. The van der Waals surface area contributed by atoms with Gasteiger partial charge in [0.05, 0.1) is 0 Å². The molecule has 0 spiro atoms. The Kier molecular flexibility index (Phi) is 9.18. The van der Waals surface area contributed by atoms with Gasteiger partial charge in [-0.15, -0.1) is 0 Å². The molecule has 11 aromatic rings. The van der Waals surface area contributed by atoms with E-state index in [0.717, 1.165) is 61.1 Å². The SMILES string of the molecule is c1ccc(-c2cc(-c3ccccc3)cc(-c3ccc(-c4ccc(-c5cccc(-c6nc(-c7cccc(-c8ccccc8)c7)c7oc8ccccc8c7n6)c5)cc4)cc3)c2)cc1. The van der Waals surface area contributed by atoms with Gasteiger partial charge in [0.2, 0.25) is 0 Å². The van der Waals surface area contributed by atoms with Gasteiger partial charge in [-0.3, -0.25) is 0 Å². The summed E-state index contributed by atoms with van der Waals surface area (Å²) in [6.07, 6.45) is 0. The number of aromatic nitrogens is 2. The monoisotopic (exact) mass is 778 g/mol. The normalized spacial score (nSPS) is 11.3. The highest BCUT2D eigenvalue weighted by Gasteiger charge is 2.19. The van der Waals surface area contributed by atoms with Gasteiger partial charge in [-0.05, 0) is 109 Å². The standard InChI is InChI=1S/C58H38N2O/c1-4-14-39(15-5-1)46-20-12-22-48(34-46)55-57-56(53-24-10-11-25-54(53)61-57)60-58(59-55)49-23-13-21-47(35-49)44-30-26-42(27-31-44)43-28-32-45(33-29-43)52-37-50(40-16-6-2-7-17-40)36-51(38-52)41-18-8-3-9-19-41/h1-38H. The maximum Gasteiger partial charge on any atom is 0.180 e. The van der Waals surface area contributed by atoms with Crippen molar-refractivity contribution in [1.82, 2.24) is 9.97 Å². The third-order valence-electron chi connectivity index (χ3n) is 11.5. The Morgan fingerprint density at radius 3 is 1.16 bits per heavy atom. The minimum atomic E-state index is 0.655. The molecule has 0 N–H and O–H groups in total. The molecule has 2 heterocycles. The van der Waals surface area contributed by atoms with Crippen LogP contribution in [0, 0.1) is 0 Å². The quantitative estimate of drug-likeness (QED) is 0.154. The number of benzene rings is 9. The average Bonchev–Trinajstić information content (AvgIpc) is 3.73. The number of hydrogen-bond donors (Lipinski definition) is 0. The third-order valence-corrected chi connectivity index (χ3v) is 11.5. The van der Waals surface area contributed by atoms with E-state index in [1.54, 1.807) is 0 Å². The summed E-state index contributed by atoms with van der Waals surface area (Å²) in [7, 11) is 0. The van der Waals surface area contributed by atoms with Gasteiger partial charge in [-0.1, -0.05) is 188 Å². The molecule has 0 aliphatic carbocycles. The lowest BCUT2D eigenvalue weighted by molar-refractivity contribution is 0.667. The Bertz CT molecular complexity index is 3260. The Hall–Kier alpha value is -8.14. The molecule has 2 aromatic heterocycles. The topological polar surface area (TPSA) is 38.9 Å². The molecule has 0 atom stereocenters. The first-order valence-corrected chi connectivity index (χ1v) is 20.6. The zero-order chi connectivity index (χ0) is 40.5. The molecule has 0 radical (unpaired) electrons. The molecule has 61 heavy (non-hydrogen) atoms. The van der Waals surface area contributed by atoms with E-state index in [0.29, 0.717) is 11.4 Å². The lowest BCUT2D eigenvalue weighted by Crippen LogP contribution is -1.94. The van der Waals surface area contributed by atoms with Gasteiger partial charge in [-0.25, -0.2) is 9.97 Å². The highest BCUT2D eigenvalue weighted by molar-refractivity contribution is 6.07. The van der Waals surface area contributed by atoms with Crippen molar-refractivity contribution >= 4 is 22.1 Å². The van der Waals surface area contributed by atoms with Gasteiger partial charge in [-0.2, -0.15) is 0 Å². The summed E-state index contributed by atoms with van der Waals surface area (Å²) in [5.74, 6) is 0.655. The van der Waals surface area contributed by atoms with Crippen LogP contribution in [0.15, 0.2) is 235 Å². The fourth-order valence-corrected chi connectivity index (χ4v) is 8.33. The van der Waals surface area contributed by atoms with E-state index in [1.165, 1.54) is 38.9 Å². The number of fused-ring (bicyclic) bond motifs is 3. The van der Waals surface area contributed by atoms with Crippen molar-refractivity contribution in [3.8, 4) is 89.4 Å². The molecular formula is C58H38N2O. The van der Waals surface area contributed by atoms with Crippen molar-refractivity contribution in [1.29, 1.82) is 0 Å². The second-order valence-electron chi connectivity index (χ2n) is 15.4. The molecule has 0 fully saturated rings. The second-order valence-corrected chi connectivity index (χ2v) is 15.4. The molecule has 0 saturated carbocycles. The lowest BCUT2D eigenvalue weighted by atomic mass is 9.92. The maximum atomic E-state index is 6.46. The molecule has 286 valence electrons. The summed E-state index contributed by atoms with van der Waals surface area (Å²) in [6, 6.07) is 81.4.